The summed E-state index contributed by atoms with van der Waals surface area (Å²) in [5, 5.41) is 1.03. The van der Waals surface area contributed by atoms with Crippen molar-refractivity contribution in [2.75, 3.05) is 0 Å². The Morgan fingerprint density at radius 1 is 0.519 bits per heavy atom. The first kappa shape index (κ1) is 15.5. The van der Waals surface area contributed by atoms with Crippen molar-refractivity contribution >= 4 is 11.0 Å². The zero-order chi connectivity index (χ0) is 18.1. The molecule has 0 aliphatic carbocycles. The number of nitrogens with one attached hydrogen (secondary N) is 1. The summed E-state index contributed by atoms with van der Waals surface area (Å²) in [6.45, 7) is 0. The molecule has 27 heavy (non-hydrogen) atoms. The minimum Gasteiger partial charge on any atom is -0.346 e. The van der Waals surface area contributed by atoms with Crippen LogP contribution < -0.4 is 0 Å². The summed E-state index contributed by atoms with van der Waals surface area (Å²) in [7, 11) is 0. The molecule has 128 valence electrons. The first-order chi connectivity index (χ1) is 13.4. The van der Waals surface area contributed by atoms with Gasteiger partial charge in [-0.2, -0.15) is 0 Å². The lowest BCUT2D eigenvalue weighted by Gasteiger charge is -2.08. The van der Waals surface area contributed by atoms with Crippen LogP contribution in [0.4, 0.5) is 0 Å². The number of aromatic amines is 1. The first-order valence-corrected chi connectivity index (χ1v) is 8.95. The van der Waals surface area contributed by atoms with Gasteiger partial charge in [-0.05, 0) is 17.2 Å². The second-order valence-corrected chi connectivity index (χ2v) is 6.45. The molecule has 0 atom stereocenters. The molecule has 5 rings (SSSR count). The van der Waals surface area contributed by atoms with E-state index in [2.05, 4.69) is 65.6 Å². The van der Waals surface area contributed by atoms with Gasteiger partial charge in [-0.1, -0.05) is 84.9 Å². The summed E-state index contributed by atoms with van der Waals surface area (Å²) in [5.41, 5.74) is 6.28. The molecular formula is C24H17N3. The average molecular weight is 347 g/mol. The molecule has 0 amide bonds. The third-order valence-electron chi connectivity index (χ3n) is 4.71. The monoisotopic (exact) mass is 347 g/mol. The maximum absolute atomic E-state index is 4.88. The summed E-state index contributed by atoms with van der Waals surface area (Å²) in [6, 6.07) is 31.0. The van der Waals surface area contributed by atoms with Crippen LogP contribution in [0.15, 0.2) is 97.2 Å². The van der Waals surface area contributed by atoms with Gasteiger partial charge in [-0.25, -0.2) is 9.97 Å². The quantitative estimate of drug-likeness (QED) is 0.437. The molecule has 0 aliphatic heterocycles. The molecule has 2 heterocycles. The number of hydrogen-bond donors (Lipinski definition) is 1. The van der Waals surface area contributed by atoms with E-state index in [-0.39, 0.29) is 0 Å². The lowest BCUT2D eigenvalue weighted by molar-refractivity contribution is 1.21. The van der Waals surface area contributed by atoms with Gasteiger partial charge in [0.15, 0.2) is 5.82 Å². The Hall–Kier alpha value is -3.72. The lowest BCUT2D eigenvalue weighted by atomic mass is 10.0. The standard InChI is InChI=1S/C24H17N3/c1-3-7-17(8-4-1)18-11-13-20(14-12-18)23-26-22(19-9-5-2-6-10-19)21-15-16-25-24(21)27-23/h1-16H,(H,25,26,27). The molecule has 0 bridgehead atoms. The fourth-order valence-electron chi connectivity index (χ4n) is 3.33. The number of fused-ring (bicyclic) bond motifs is 1. The molecule has 0 saturated heterocycles. The highest BCUT2D eigenvalue weighted by Gasteiger charge is 2.12. The van der Waals surface area contributed by atoms with E-state index in [4.69, 9.17) is 9.97 Å². The van der Waals surface area contributed by atoms with Crippen molar-refractivity contribution < 1.29 is 0 Å². The van der Waals surface area contributed by atoms with Gasteiger partial charge in [0.1, 0.15) is 5.65 Å². The van der Waals surface area contributed by atoms with Gasteiger partial charge in [0.2, 0.25) is 0 Å². The van der Waals surface area contributed by atoms with E-state index in [1.165, 1.54) is 11.1 Å². The Balaban J connectivity index is 1.61. The number of rotatable bonds is 3. The van der Waals surface area contributed by atoms with E-state index in [1.54, 1.807) is 0 Å². The highest BCUT2D eigenvalue weighted by Crippen LogP contribution is 2.29. The average Bonchev–Trinajstić information content (AvgIpc) is 3.23. The second-order valence-electron chi connectivity index (χ2n) is 6.45. The van der Waals surface area contributed by atoms with Crippen molar-refractivity contribution in [3.8, 4) is 33.8 Å². The van der Waals surface area contributed by atoms with Crippen LogP contribution in [0.1, 0.15) is 0 Å². The Morgan fingerprint density at radius 2 is 1.11 bits per heavy atom. The Bertz CT molecular complexity index is 1190. The van der Waals surface area contributed by atoms with Crippen molar-refractivity contribution in [3.63, 3.8) is 0 Å². The highest BCUT2D eigenvalue weighted by atomic mass is 15.0. The zero-order valence-electron chi connectivity index (χ0n) is 14.6. The Kier molecular flexibility index (Phi) is 3.76. The van der Waals surface area contributed by atoms with Crippen molar-refractivity contribution in [1.82, 2.24) is 15.0 Å². The number of benzene rings is 3. The number of nitrogens with zero attached hydrogens (tertiary/aromatic N) is 2. The predicted molar refractivity (Wildman–Crippen MR) is 110 cm³/mol. The molecule has 0 saturated carbocycles. The highest BCUT2D eigenvalue weighted by molar-refractivity contribution is 5.92. The third-order valence-corrected chi connectivity index (χ3v) is 4.71. The van der Waals surface area contributed by atoms with E-state index >= 15 is 0 Å². The fourth-order valence-corrected chi connectivity index (χ4v) is 3.33. The second kappa shape index (κ2) is 6.54. The molecule has 5 aromatic rings. The lowest BCUT2D eigenvalue weighted by Crippen LogP contribution is -1.94. The summed E-state index contributed by atoms with van der Waals surface area (Å²) in [4.78, 5) is 12.8. The van der Waals surface area contributed by atoms with Crippen molar-refractivity contribution in [1.29, 1.82) is 0 Å². The van der Waals surface area contributed by atoms with Gasteiger partial charge >= 0.3 is 0 Å². The molecule has 3 aromatic carbocycles. The van der Waals surface area contributed by atoms with Crippen molar-refractivity contribution in [2.45, 2.75) is 0 Å². The third kappa shape index (κ3) is 2.89. The summed E-state index contributed by atoms with van der Waals surface area (Å²) >= 11 is 0. The smallest absolute Gasteiger partial charge is 0.162 e. The van der Waals surface area contributed by atoms with Gasteiger partial charge in [-0.3, -0.25) is 0 Å². The maximum atomic E-state index is 4.88. The molecule has 2 aromatic heterocycles. The largest absolute Gasteiger partial charge is 0.346 e. The van der Waals surface area contributed by atoms with Crippen LogP contribution >= 0.6 is 0 Å². The van der Waals surface area contributed by atoms with Gasteiger partial charge in [0.25, 0.3) is 0 Å². The molecule has 3 heteroatoms. The maximum Gasteiger partial charge on any atom is 0.162 e. The van der Waals surface area contributed by atoms with Gasteiger partial charge in [-0.15, -0.1) is 0 Å². The fraction of sp³-hybridized carbons (Fsp3) is 0. The number of H-pyrrole nitrogens is 1. The SMILES string of the molecule is c1ccc(-c2ccc(-c3nc(-c4ccccc4)c4cc[nH]c4n3)cc2)cc1. The van der Waals surface area contributed by atoms with E-state index < -0.39 is 0 Å². The Labute approximate surface area is 157 Å². The molecule has 3 nitrogen and oxygen atoms in total. The molecular weight excluding hydrogens is 330 g/mol. The number of aromatic nitrogens is 3. The molecule has 0 spiro atoms. The topological polar surface area (TPSA) is 41.6 Å². The minimum atomic E-state index is 0.725. The molecule has 0 radical (unpaired) electrons. The molecule has 0 fully saturated rings. The molecule has 0 aliphatic rings. The van der Waals surface area contributed by atoms with Crippen LogP contribution in [0.5, 0.6) is 0 Å². The summed E-state index contributed by atoms with van der Waals surface area (Å²) < 4.78 is 0. The van der Waals surface area contributed by atoms with Crippen LogP contribution in [0.2, 0.25) is 0 Å². The number of hydrogen-bond acceptors (Lipinski definition) is 2. The Morgan fingerprint density at radius 3 is 1.81 bits per heavy atom. The van der Waals surface area contributed by atoms with E-state index in [0.717, 1.165) is 33.7 Å². The van der Waals surface area contributed by atoms with Crippen molar-refractivity contribution in [3.05, 3.63) is 97.2 Å². The molecule has 1 N–H and O–H groups in total. The zero-order valence-corrected chi connectivity index (χ0v) is 14.6. The van der Waals surface area contributed by atoms with Crippen molar-refractivity contribution in [2.24, 2.45) is 0 Å². The van der Waals surface area contributed by atoms with Crippen LogP contribution in [-0.4, -0.2) is 15.0 Å². The van der Waals surface area contributed by atoms with Crippen LogP contribution in [0.3, 0.4) is 0 Å². The van der Waals surface area contributed by atoms with E-state index in [9.17, 15) is 0 Å². The van der Waals surface area contributed by atoms with E-state index in [1.807, 2.05) is 36.5 Å². The van der Waals surface area contributed by atoms with E-state index in [0.29, 0.717) is 0 Å². The van der Waals surface area contributed by atoms with Gasteiger partial charge in [0, 0.05) is 22.7 Å². The molecule has 0 unspecified atom stereocenters. The van der Waals surface area contributed by atoms with Gasteiger partial charge < -0.3 is 4.98 Å². The van der Waals surface area contributed by atoms with Gasteiger partial charge in [0.05, 0.1) is 5.69 Å². The minimum absolute atomic E-state index is 0.725. The first-order valence-electron chi connectivity index (χ1n) is 8.95. The van der Waals surface area contributed by atoms with Crippen LogP contribution in [0.25, 0.3) is 44.8 Å². The predicted octanol–water partition coefficient (Wildman–Crippen LogP) is 5.96. The normalized spacial score (nSPS) is 11.0. The summed E-state index contributed by atoms with van der Waals surface area (Å²) in [6.07, 6.45) is 1.91. The summed E-state index contributed by atoms with van der Waals surface area (Å²) in [5.74, 6) is 0.725. The van der Waals surface area contributed by atoms with Crippen LogP contribution in [-0.2, 0) is 0 Å². The van der Waals surface area contributed by atoms with Crippen LogP contribution in [0, 0.1) is 0 Å².